The predicted octanol–water partition coefficient (Wildman–Crippen LogP) is 2.33. The van der Waals surface area contributed by atoms with Crippen LogP contribution in [-0.4, -0.2) is 38.7 Å². The fourth-order valence-corrected chi connectivity index (χ4v) is 3.03. The molecule has 1 aliphatic rings. The van der Waals surface area contributed by atoms with Gasteiger partial charge in [0.25, 0.3) is 0 Å². The van der Waals surface area contributed by atoms with Crippen LogP contribution in [0, 0.1) is 10.1 Å². The number of fused-ring (bicyclic) bond motifs is 3. The van der Waals surface area contributed by atoms with Crippen molar-refractivity contribution in [1.82, 2.24) is 14.6 Å². The van der Waals surface area contributed by atoms with E-state index in [9.17, 15) is 10.1 Å². The Morgan fingerprint density at radius 3 is 2.91 bits per heavy atom. The summed E-state index contributed by atoms with van der Waals surface area (Å²) in [5.41, 5.74) is 2.09. The molecule has 8 nitrogen and oxygen atoms in total. The highest BCUT2D eigenvalue weighted by Crippen LogP contribution is 2.35. The Morgan fingerprint density at radius 2 is 2.26 bits per heavy atom. The van der Waals surface area contributed by atoms with E-state index in [1.165, 1.54) is 6.20 Å². The molecule has 0 saturated heterocycles. The summed E-state index contributed by atoms with van der Waals surface area (Å²) in [5, 5.41) is 15.5. The van der Waals surface area contributed by atoms with Gasteiger partial charge in [-0.3, -0.25) is 10.1 Å². The lowest BCUT2D eigenvalue weighted by Gasteiger charge is -2.26. The van der Waals surface area contributed by atoms with Gasteiger partial charge in [-0.2, -0.15) is 9.61 Å². The van der Waals surface area contributed by atoms with Crippen molar-refractivity contribution in [3.63, 3.8) is 0 Å². The van der Waals surface area contributed by atoms with Gasteiger partial charge in [-0.05, 0) is 26.7 Å². The second kappa shape index (κ2) is 6.11. The van der Waals surface area contributed by atoms with Crippen LogP contribution in [0.1, 0.15) is 38.4 Å². The molecule has 0 N–H and O–H groups in total. The number of ether oxygens (including phenoxy) is 1. The number of rotatable bonds is 6. The number of aromatic nitrogens is 3. The first-order valence-electron chi connectivity index (χ1n) is 7.96. The summed E-state index contributed by atoms with van der Waals surface area (Å²) in [6.45, 7) is 8.03. The summed E-state index contributed by atoms with van der Waals surface area (Å²) >= 11 is 0. The summed E-state index contributed by atoms with van der Waals surface area (Å²) in [5.74, 6) is 0.923. The smallest absolute Gasteiger partial charge is 0.333 e. The van der Waals surface area contributed by atoms with E-state index in [1.807, 2.05) is 6.92 Å². The highest BCUT2D eigenvalue weighted by Gasteiger charge is 2.31. The highest BCUT2D eigenvalue weighted by atomic mass is 16.6. The maximum atomic E-state index is 11.2. The zero-order valence-electron chi connectivity index (χ0n) is 13.7. The van der Waals surface area contributed by atoms with Crippen molar-refractivity contribution in [1.29, 1.82) is 0 Å². The van der Waals surface area contributed by atoms with Crippen LogP contribution < -0.4 is 4.90 Å². The lowest BCUT2D eigenvalue weighted by molar-refractivity contribution is -0.383. The van der Waals surface area contributed by atoms with E-state index in [0.29, 0.717) is 24.9 Å². The summed E-state index contributed by atoms with van der Waals surface area (Å²) in [6, 6.07) is 0.338. The van der Waals surface area contributed by atoms with Gasteiger partial charge in [0.15, 0.2) is 0 Å². The van der Waals surface area contributed by atoms with Crippen molar-refractivity contribution in [2.24, 2.45) is 0 Å². The molecule has 0 fully saturated rings. The molecule has 1 unspecified atom stereocenters. The molecule has 0 spiro atoms. The van der Waals surface area contributed by atoms with Gasteiger partial charge in [-0.15, -0.1) is 0 Å². The predicted molar refractivity (Wildman–Crippen MR) is 85.8 cm³/mol. The topological polar surface area (TPSA) is 85.8 Å². The number of anilines is 1. The van der Waals surface area contributed by atoms with Crippen LogP contribution >= 0.6 is 0 Å². The van der Waals surface area contributed by atoms with Crippen molar-refractivity contribution in [3.05, 3.63) is 27.6 Å². The SMILES string of the molecule is CCOCc1nc2c([N+](=O)[O-])cnn2c2c1CCN2C(C)CC. The lowest BCUT2D eigenvalue weighted by Crippen LogP contribution is -2.32. The van der Waals surface area contributed by atoms with Gasteiger partial charge < -0.3 is 9.64 Å². The standard InChI is InChI=1S/C15H21N5O3/c1-4-10(3)18-7-6-11-12(9-23-5-2)17-14-13(20(21)22)8-16-19(14)15(11)18/h8,10H,4-7,9H2,1-3H3. The first-order valence-corrected chi connectivity index (χ1v) is 7.96. The molecule has 2 aromatic heterocycles. The molecular weight excluding hydrogens is 298 g/mol. The Kier molecular flexibility index (Phi) is 4.16. The average molecular weight is 319 g/mol. The third-order valence-corrected chi connectivity index (χ3v) is 4.42. The highest BCUT2D eigenvalue weighted by molar-refractivity contribution is 5.67. The molecule has 1 atom stereocenters. The first kappa shape index (κ1) is 15.7. The Morgan fingerprint density at radius 1 is 1.48 bits per heavy atom. The fraction of sp³-hybridized carbons (Fsp3) is 0.600. The summed E-state index contributed by atoms with van der Waals surface area (Å²) in [6.07, 6.45) is 3.13. The van der Waals surface area contributed by atoms with E-state index in [1.54, 1.807) is 4.52 Å². The minimum Gasteiger partial charge on any atom is -0.375 e. The Labute approximate surface area is 134 Å². The normalized spacial score (nSPS) is 15.2. The first-order chi connectivity index (χ1) is 11.1. The van der Waals surface area contributed by atoms with E-state index >= 15 is 0 Å². The van der Waals surface area contributed by atoms with Crippen molar-refractivity contribution < 1.29 is 9.66 Å². The van der Waals surface area contributed by atoms with Crippen LogP contribution in [0.25, 0.3) is 5.65 Å². The van der Waals surface area contributed by atoms with Crippen molar-refractivity contribution >= 4 is 17.2 Å². The molecule has 3 rings (SSSR count). The van der Waals surface area contributed by atoms with Crippen LogP contribution in [0.5, 0.6) is 0 Å². The second-order valence-electron chi connectivity index (χ2n) is 5.72. The van der Waals surface area contributed by atoms with Crippen LogP contribution in [0.4, 0.5) is 11.5 Å². The van der Waals surface area contributed by atoms with Crippen LogP contribution in [0.15, 0.2) is 6.20 Å². The molecule has 8 heteroatoms. The molecule has 23 heavy (non-hydrogen) atoms. The second-order valence-corrected chi connectivity index (χ2v) is 5.72. The molecule has 0 radical (unpaired) electrons. The van der Waals surface area contributed by atoms with E-state index in [-0.39, 0.29) is 5.69 Å². The largest absolute Gasteiger partial charge is 0.375 e. The van der Waals surface area contributed by atoms with Crippen molar-refractivity contribution in [2.45, 2.75) is 46.3 Å². The van der Waals surface area contributed by atoms with Gasteiger partial charge in [-0.1, -0.05) is 6.92 Å². The zero-order valence-corrected chi connectivity index (χ0v) is 13.7. The third-order valence-electron chi connectivity index (χ3n) is 4.42. The van der Waals surface area contributed by atoms with E-state index in [4.69, 9.17) is 4.74 Å². The Hall–Kier alpha value is -2.22. The quantitative estimate of drug-likeness (QED) is 0.600. The molecule has 0 amide bonds. The molecule has 3 heterocycles. The summed E-state index contributed by atoms with van der Waals surface area (Å²) < 4.78 is 7.13. The number of nitrogens with zero attached hydrogens (tertiary/aromatic N) is 5. The van der Waals surface area contributed by atoms with Gasteiger partial charge in [0.05, 0.1) is 17.2 Å². The molecular formula is C15H21N5O3. The number of nitro groups is 1. The van der Waals surface area contributed by atoms with Crippen molar-refractivity contribution in [2.75, 3.05) is 18.1 Å². The van der Waals surface area contributed by atoms with Gasteiger partial charge in [0.1, 0.15) is 12.0 Å². The minimum atomic E-state index is -0.436. The summed E-state index contributed by atoms with van der Waals surface area (Å²) in [7, 11) is 0. The molecule has 0 bridgehead atoms. The molecule has 2 aromatic rings. The molecule has 0 saturated carbocycles. The van der Waals surface area contributed by atoms with E-state index in [0.717, 1.165) is 36.5 Å². The molecule has 0 aliphatic carbocycles. The zero-order chi connectivity index (χ0) is 16.6. The fourth-order valence-electron chi connectivity index (χ4n) is 3.03. The number of hydrogen-bond donors (Lipinski definition) is 0. The van der Waals surface area contributed by atoms with Gasteiger partial charge in [0, 0.05) is 24.8 Å². The Bertz CT molecular complexity index is 742. The molecule has 0 aromatic carbocycles. The maximum Gasteiger partial charge on any atom is 0.333 e. The van der Waals surface area contributed by atoms with Crippen LogP contribution in [-0.2, 0) is 17.8 Å². The van der Waals surface area contributed by atoms with Crippen molar-refractivity contribution in [3.8, 4) is 0 Å². The minimum absolute atomic E-state index is 0.0680. The lowest BCUT2D eigenvalue weighted by atomic mass is 10.2. The van der Waals surface area contributed by atoms with E-state index in [2.05, 4.69) is 28.8 Å². The third kappa shape index (κ3) is 2.52. The van der Waals surface area contributed by atoms with Gasteiger partial charge >= 0.3 is 5.69 Å². The average Bonchev–Trinajstić information content (AvgIpc) is 3.15. The molecule has 1 aliphatic heterocycles. The van der Waals surface area contributed by atoms with Gasteiger partial charge in [-0.25, -0.2) is 4.98 Å². The number of hydrogen-bond acceptors (Lipinski definition) is 6. The van der Waals surface area contributed by atoms with Crippen LogP contribution in [0.3, 0.4) is 0 Å². The van der Waals surface area contributed by atoms with Gasteiger partial charge in [0.2, 0.25) is 5.65 Å². The maximum absolute atomic E-state index is 11.2. The monoisotopic (exact) mass is 319 g/mol. The molecule has 124 valence electrons. The summed E-state index contributed by atoms with van der Waals surface area (Å²) in [4.78, 5) is 17.6. The van der Waals surface area contributed by atoms with E-state index < -0.39 is 4.92 Å². The Balaban J connectivity index is 2.21. The van der Waals surface area contributed by atoms with Crippen LogP contribution in [0.2, 0.25) is 0 Å².